The largest absolute Gasteiger partial charge is 0.487 e. The Kier molecular flexibility index (Phi) is 8.64. The molecule has 0 aliphatic rings. The molecule has 0 amide bonds. The number of carbonyl (C=O) groups excluding carboxylic acids is 1. The Bertz CT molecular complexity index is 1240. The number of thiazole rings is 1. The van der Waals surface area contributed by atoms with E-state index in [0.717, 1.165) is 33.1 Å². The van der Waals surface area contributed by atoms with Crippen molar-refractivity contribution in [3.63, 3.8) is 0 Å². The molecule has 0 unspecified atom stereocenters. The number of hydrogen-bond donors (Lipinski definition) is 1. The summed E-state index contributed by atoms with van der Waals surface area (Å²) in [7, 11) is 1.37. The fourth-order valence-electron chi connectivity index (χ4n) is 3.23. The molecule has 3 aromatic carbocycles. The molecule has 6 nitrogen and oxygen atoms in total. The highest BCUT2D eigenvalue weighted by Gasteiger charge is 2.06. The third-order valence-electron chi connectivity index (χ3n) is 5.09. The standard InChI is InChI=1S/C28H26N2O4S/c1-32-27(31)17-16-26(22-8-4-2-5-9-22)30-34-18-21-12-14-25(15-13-21)33-19-24-20-35-28(29-24)23-10-6-3-7-11-23/h2-16,20,30H,17-19H2,1H3. The van der Waals surface area contributed by atoms with Crippen molar-refractivity contribution < 1.29 is 19.1 Å². The van der Waals surface area contributed by atoms with Crippen molar-refractivity contribution in [1.29, 1.82) is 0 Å². The zero-order valence-electron chi connectivity index (χ0n) is 19.3. The van der Waals surface area contributed by atoms with Crippen LogP contribution in [0.1, 0.15) is 23.2 Å². The quantitative estimate of drug-likeness (QED) is 0.207. The Balaban J connectivity index is 1.28. The molecule has 4 aromatic rings. The van der Waals surface area contributed by atoms with Gasteiger partial charge >= 0.3 is 5.97 Å². The molecule has 0 aliphatic heterocycles. The van der Waals surface area contributed by atoms with Crippen LogP contribution in [0.4, 0.5) is 0 Å². The first-order valence-electron chi connectivity index (χ1n) is 11.1. The first-order valence-corrected chi connectivity index (χ1v) is 12.0. The van der Waals surface area contributed by atoms with E-state index in [9.17, 15) is 4.79 Å². The number of aromatic nitrogens is 1. The van der Waals surface area contributed by atoms with Gasteiger partial charge in [0.1, 0.15) is 17.4 Å². The minimum absolute atomic E-state index is 0.148. The molecule has 7 heteroatoms. The fourth-order valence-corrected chi connectivity index (χ4v) is 4.04. The third-order valence-corrected chi connectivity index (χ3v) is 6.03. The molecule has 0 radical (unpaired) electrons. The van der Waals surface area contributed by atoms with Crippen molar-refractivity contribution in [3.8, 4) is 16.3 Å². The van der Waals surface area contributed by atoms with E-state index in [4.69, 9.17) is 14.3 Å². The SMILES string of the molecule is COC(=O)CC=C(NOCc1ccc(OCc2csc(-c3ccccc3)n2)cc1)c1ccccc1. The summed E-state index contributed by atoms with van der Waals surface area (Å²) in [6, 6.07) is 27.5. The van der Waals surface area contributed by atoms with Gasteiger partial charge in [0, 0.05) is 10.9 Å². The first kappa shape index (κ1) is 24.2. The molecule has 0 fully saturated rings. The van der Waals surface area contributed by atoms with Crippen LogP contribution in [-0.4, -0.2) is 18.1 Å². The lowest BCUT2D eigenvalue weighted by Crippen LogP contribution is -2.14. The van der Waals surface area contributed by atoms with Crippen molar-refractivity contribution in [1.82, 2.24) is 10.5 Å². The summed E-state index contributed by atoms with van der Waals surface area (Å²) in [6.07, 6.45) is 1.90. The molecule has 178 valence electrons. The number of hydroxylamine groups is 1. The zero-order chi connectivity index (χ0) is 24.3. The van der Waals surface area contributed by atoms with Gasteiger partial charge in [-0.15, -0.1) is 11.3 Å². The maximum Gasteiger partial charge on any atom is 0.309 e. The number of benzene rings is 3. The number of esters is 1. The highest BCUT2D eigenvalue weighted by atomic mass is 32.1. The molecule has 1 aromatic heterocycles. The van der Waals surface area contributed by atoms with Gasteiger partial charge in [-0.2, -0.15) is 0 Å². The molecule has 0 saturated carbocycles. The van der Waals surface area contributed by atoms with Gasteiger partial charge < -0.3 is 9.47 Å². The Morgan fingerprint density at radius 3 is 2.37 bits per heavy atom. The molecule has 1 N–H and O–H groups in total. The van der Waals surface area contributed by atoms with Crippen LogP contribution >= 0.6 is 11.3 Å². The number of carbonyl (C=O) groups is 1. The summed E-state index contributed by atoms with van der Waals surface area (Å²) in [5.41, 5.74) is 7.56. The van der Waals surface area contributed by atoms with Crippen molar-refractivity contribution in [2.24, 2.45) is 0 Å². The van der Waals surface area contributed by atoms with E-state index in [0.29, 0.717) is 18.9 Å². The number of hydrogen-bond acceptors (Lipinski definition) is 7. The molecule has 0 aliphatic carbocycles. The van der Waals surface area contributed by atoms with Crippen molar-refractivity contribution in [2.45, 2.75) is 19.6 Å². The van der Waals surface area contributed by atoms with Crippen LogP contribution in [0.15, 0.2) is 96.4 Å². The Labute approximate surface area is 208 Å². The molecule has 0 saturated heterocycles. The second-order valence-corrected chi connectivity index (χ2v) is 8.46. The zero-order valence-corrected chi connectivity index (χ0v) is 20.2. The predicted molar refractivity (Wildman–Crippen MR) is 137 cm³/mol. The van der Waals surface area contributed by atoms with E-state index in [1.165, 1.54) is 7.11 Å². The first-order chi connectivity index (χ1) is 17.2. The van der Waals surface area contributed by atoms with Gasteiger partial charge in [0.05, 0.1) is 31.5 Å². The van der Waals surface area contributed by atoms with Gasteiger partial charge in [-0.25, -0.2) is 4.98 Å². The molecular weight excluding hydrogens is 460 g/mol. The number of methoxy groups -OCH3 is 1. The molecule has 4 rings (SSSR count). The van der Waals surface area contributed by atoms with E-state index >= 15 is 0 Å². The molecule has 0 atom stereocenters. The maximum atomic E-state index is 11.5. The van der Waals surface area contributed by atoms with E-state index in [1.807, 2.05) is 78.2 Å². The van der Waals surface area contributed by atoms with E-state index in [1.54, 1.807) is 17.4 Å². The van der Waals surface area contributed by atoms with Gasteiger partial charge in [-0.3, -0.25) is 15.1 Å². The van der Waals surface area contributed by atoms with E-state index in [2.05, 4.69) is 22.6 Å². The smallest absolute Gasteiger partial charge is 0.309 e. The number of ether oxygens (including phenoxy) is 2. The lowest BCUT2D eigenvalue weighted by Gasteiger charge is -2.12. The normalized spacial score (nSPS) is 11.2. The van der Waals surface area contributed by atoms with Gasteiger partial charge in [-0.1, -0.05) is 72.8 Å². The van der Waals surface area contributed by atoms with Crippen molar-refractivity contribution in [2.75, 3.05) is 7.11 Å². The van der Waals surface area contributed by atoms with Crippen molar-refractivity contribution in [3.05, 3.63) is 113 Å². The third kappa shape index (κ3) is 7.27. The predicted octanol–water partition coefficient (Wildman–Crippen LogP) is 6.01. The van der Waals surface area contributed by atoms with Crippen molar-refractivity contribution >= 4 is 23.0 Å². The topological polar surface area (TPSA) is 69.7 Å². The summed E-state index contributed by atoms with van der Waals surface area (Å²) in [6.45, 7) is 0.751. The highest BCUT2D eigenvalue weighted by Crippen LogP contribution is 2.24. The van der Waals surface area contributed by atoms with Gasteiger partial charge in [0.2, 0.25) is 0 Å². The van der Waals surface area contributed by atoms with E-state index < -0.39 is 0 Å². The fraction of sp³-hybridized carbons (Fsp3) is 0.143. The van der Waals surface area contributed by atoms with Crippen LogP contribution in [0.3, 0.4) is 0 Å². The molecule has 1 heterocycles. The molecule has 0 spiro atoms. The van der Waals surface area contributed by atoms with Gasteiger partial charge in [-0.05, 0) is 29.3 Å². The lowest BCUT2D eigenvalue weighted by molar-refractivity contribution is -0.139. The summed E-state index contributed by atoms with van der Waals surface area (Å²) < 4.78 is 10.6. The summed E-state index contributed by atoms with van der Waals surface area (Å²) in [4.78, 5) is 21.9. The summed E-state index contributed by atoms with van der Waals surface area (Å²) >= 11 is 1.61. The highest BCUT2D eigenvalue weighted by molar-refractivity contribution is 7.13. The second-order valence-electron chi connectivity index (χ2n) is 7.60. The minimum atomic E-state index is -0.315. The van der Waals surface area contributed by atoms with E-state index in [-0.39, 0.29) is 12.4 Å². The average Bonchev–Trinajstić information content (AvgIpc) is 3.40. The number of rotatable bonds is 11. The molecule has 0 bridgehead atoms. The monoisotopic (exact) mass is 486 g/mol. The van der Waals surface area contributed by atoms with Crippen LogP contribution < -0.4 is 10.2 Å². The van der Waals surface area contributed by atoms with Crippen LogP contribution in [0.2, 0.25) is 0 Å². The summed E-state index contributed by atoms with van der Waals surface area (Å²) in [5, 5.41) is 3.01. The van der Waals surface area contributed by atoms with Gasteiger partial charge in [0.15, 0.2) is 0 Å². The Morgan fingerprint density at radius 1 is 0.943 bits per heavy atom. The van der Waals surface area contributed by atoms with Crippen LogP contribution in [0, 0.1) is 0 Å². The minimum Gasteiger partial charge on any atom is -0.487 e. The Morgan fingerprint density at radius 2 is 1.66 bits per heavy atom. The average molecular weight is 487 g/mol. The lowest BCUT2D eigenvalue weighted by atomic mass is 10.1. The van der Waals surface area contributed by atoms with Crippen LogP contribution in [0.5, 0.6) is 5.75 Å². The molecule has 35 heavy (non-hydrogen) atoms. The van der Waals surface area contributed by atoms with Gasteiger partial charge in [0.25, 0.3) is 0 Å². The Hall–Kier alpha value is -3.94. The molecular formula is C28H26N2O4S. The number of nitrogens with one attached hydrogen (secondary N) is 1. The number of nitrogens with zero attached hydrogens (tertiary/aromatic N) is 1. The van der Waals surface area contributed by atoms with Crippen LogP contribution in [-0.2, 0) is 27.6 Å². The second kappa shape index (κ2) is 12.5. The van der Waals surface area contributed by atoms with Crippen LogP contribution in [0.25, 0.3) is 16.3 Å². The summed E-state index contributed by atoms with van der Waals surface area (Å²) in [5.74, 6) is 0.448. The maximum absolute atomic E-state index is 11.5.